The monoisotopic (exact) mass is 572 g/mol. The lowest BCUT2D eigenvalue weighted by molar-refractivity contribution is 0.669. The second-order valence-corrected chi connectivity index (χ2v) is 10.3. The standard InChI is InChI=1S/C39H24N4O/c1-3-12-25(13-4-1)37-40-38(26-14-5-2-6-15-26)42-39(41-37)31-19-11-18-30-32-24-27(22-23-35(32)44-36(30)31)43-33-20-9-7-16-28(33)29-17-8-10-21-34(29)43/h1-24H/i7D,8D,9D,10D,16D,17D,20D,21D. The fourth-order valence-electron chi connectivity index (χ4n) is 5.71. The Morgan fingerprint density at radius 1 is 0.523 bits per heavy atom. The molecule has 3 heterocycles. The molecular weight excluding hydrogens is 540 g/mol. The van der Waals surface area contributed by atoms with Crippen LogP contribution in [-0.2, 0) is 0 Å². The molecule has 0 amide bonds. The Bertz CT molecular complexity index is 2810. The van der Waals surface area contributed by atoms with E-state index in [2.05, 4.69) is 0 Å². The molecule has 206 valence electrons. The van der Waals surface area contributed by atoms with E-state index in [-0.39, 0.29) is 46.0 Å². The van der Waals surface area contributed by atoms with Crippen LogP contribution in [-0.4, -0.2) is 19.5 Å². The number of rotatable bonds is 4. The van der Waals surface area contributed by atoms with Gasteiger partial charge >= 0.3 is 0 Å². The first kappa shape index (κ1) is 17.8. The first-order valence-corrected chi connectivity index (χ1v) is 14.0. The van der Waals surface area contributed by atoms with Crippen LogP contribution in [0.15, 0.2) is 150 Å². The molecule has 0 spiro atoms. The van der Waals surface area contributed by atoms with Gasteiger partial charge < -0.3 is 8.98 Å². The molecule has 6 aromatic carbocycles. The Labute approximate surface area is 263 Å². The summed E-state index contributed by atoms with van der Waals surface area (Å²) in [6.07, 6.45) is 0. The van der Waals surface area contributed by atoms with Gasteiger partial charge in [-0.1, -0.05) is 109 Å². The van der Waals surface area contributed by atoms with E-state index in [4.69, 9.17) is 30.3 Å². The van der Waals surface area contributed by atoms with Crippen molar-refractivity contribution in [3.63, 3.8) is 0 Å². The molecule has 5 nitrogen and oxygen atoms in total. The first-order chi connectivity index (χ1) is 25.1. The van der Waals surface area contributed by atoms with Crippen molar-refractivity contribution in [2.24, 2.45) is 0 Å². The van der Waals surface area contributed by atoms with E-state index in [0.717, 1.165) is 16.5 Å². The highest BCUT2D eigenvalue weighted by Crippen LogP contribution is 2.38. The highest BCUT2D eigenvalue weighted by molar-refractivity contribution is 6.12. The lowest BCUT2D eigenvalue weighted by atomic mass is 10.1. The molecule has 0 saturated carbocycles. The molecule has 0 N–H and O–H groups in total. The van der Waals surface area contributed by atoms with Crippen molar-refractivity contribution in [3.8, 4) is 39.9 Å². The van der Waals surface area contributed by atoms with Gasteiger partial charge in [0, 0.05) is 38.4 Å². The van der Waals surface area contributed by atoms with Crippen LogP contribution in [0.3, 0.4) is 0 Å². The van der Waals surface area contributed by atoms with Gasteiger partial charge in [0.15, 0.2) is 17.5 Å². The molecule has 0 bridgehead atoms. The highest BCUT2D eigenvalue weighted by Gasteiger charge is 2.19. The maximum absolute atomic E-state index is 8.88. The predicted molar refractivity (Wildman–Crippen MR) is 178 cm³/mol. The van der Waals surface area contributed by atoms with Crippen molar-refractivity contribution in [1.29, 1.82) is 0 Å². The van der Waals surface area contributed by atoms with Gasteiger partial charge in [-0.2, -0.15) is 0 Å². The molecule has 0 aliphatic heterocycles. The normalized spacial score (nSPS) is 14.2. The molecular formula is C39H24N4O. The Balaban J connectivity index is 1.31. The third-order valence-corrected chi connectivity index (χ3v) is 7.71. The van der Waals surface area contributed by atoms with E-state index in [9.17, 15) is 0 Å². The molecule has 0 aliphatic rings. The topological polar surface area (TPSA) is 56.7 Å². The first-order valence-electron chi connectivity index (χ1n) is 18.0. The van der Waals surface area contributed by atoms with Crippen molar-refractivity contribution in [1.82, 2.24) is 19.5 Å². The fraction of sp³-hybridized carbons (Fsp3) is 0. The summed E-state index contributed by atoms with van der Waals surface area (Å²) in [7, 11) is 0. The van der Waals surface area contributed by atoms with Gasteiger partial charge in [0.2, 0.25) is 0 Å². The van der Waals surface area contributed by atoms with Gasteiger partial charge in [0.05, 0.1) is 27.6 Å². The van der Waals surface area contributed by atoms with Crippen LogP contribution >= 0.6 is 0 Å². The molecule has 5 heteroatoms. The smallest absolute Gasteiger partial charge is 0.167 e. The Morgan fingerprint density at radius 3 is 1.75 bits per heavy atom. The lowest BCUT2D eigenvalue weighted by Gasteiger charge is -2.08. The summed E-state index contributed by atoms with van der Waals surface area (Å²) in [6, 6.07) is 26.8. The van der Waals surface area contributed by atoms with Crippen molar-refractivity contribution >= 4 is 43.7 Å². The van der Waals surface area contributed by atoms with Crippen LogP contribution in [0.5, 0.6) is 0 Å². The van der Waals surface area contributed by atoms with Crippen LogP contribution in [0.1, 0.15) is 11.0 Å². The number of hydrogen-bond donors (Lipinski definition) is 0. The average Bonchev–Trinajstić information content (AvgIpc) is 3.75. The van der Waals surface area contributed by atoms with Gasteiger partial charge in [0.25, 0.3) is 0 Å². The van der Waals surface area contributed by atoms with E-state index >= 15 is 0 Å². The fourth-order valence-corrected chi connectivity index (χ4v) is 5.71. The summed E-state index contributed by atoms with van der Waals surface area (Å²) in [5.74, 6) is 1.41. The Kier molecular flexibility index (Phi) is 3.94. The maximum Gasteiger partial charge on any atom is 0.167 e. The van der Waals surface area contributed by atoms with Crippen LogP contribution in [0, 0.1) is 0 Å². The van der Waals surface area contributed by atoms with Gasteiger partial charge in [-0.3, -0.25) is 0 Å². The average molecular weight is 573 g/mol. The highest BCUT2D eigenvalue weighted by atomic mass is 16.3. The SMILES string of the molecule is [2H]c1c([2H])c([2H])c2c(c1[2H])c1c([2H])c([2H])c([2H])c([2H])c1n2-c1ccc2oc3c(-c4nc(-c5ccccc5)nc(-c5ccccc5)n4)cccc3c2c1. The Morgan fingerprint density at radius 2 is 1.11 bits per heavy atom. The van der Waals surface area contributed by atoms with E-state index in [1.165, 1.54) is 4.57 Å². The molecule has 9 aromatic rings. The molecule has 0 atom stereocenters. The van der Waals surface area contributed by atoms with Crippen molar-refractivity contribution in [2.45, 2.75) is 0 Å². The summed E-state index contributed by atoms with van der Waals surface area (Å²) in [4.78, 5) is 14.6. The number of aromatic nitrogens is 4. The number of hydrogen-bond acceptors (Lipinski definition) is 4. The van der Waals surface area contributed by atoms with E-state index in [1.807, 2.05) is 78.9 Å². The largest absolute Gasteiger partial charge is 0.455 e. The third kappa shape index (κ3) is 3.83. The summed E-state index contributed by atoms with van der Waals surface area (Å²) in [6.45, 7) is 0. The van der Waals surface area contributed by atoms with Crippen molar-refractivity contribution in [3.05, 3.63) is 145 Å². The number of fused-ring (bicyclic) bond motifs is 6. The summed E-state index contributed by atoms with van der Waals surface area (Å²) < 4.78 is 76.8. The summed E-state index contributed by atoms with van der Waals surface area (Å²) in [5.41, 5.74) is 3.85. The van der Waals surface area contributed by atoms with Crippen molar-refractivity contribution < 1.29 is 15.4 Å². The molecule has 0 radical (unpaired) electrons. The molecule has 0 aliphatic carbocycles. The van der Waals surface area contributed by atoms with Gasteiger partial charge in [0.1, 0.15) is 11.2 Å². The molecule has 3 aromatic heterocycles. The Hall–Kier alpha value is -6.07. The number of para-hydroxylation sites is 3. The molecule has 0 fully saturated rings. The van der Waals surface area contributed by atoms with Gasteiger partial charge in [-0.05, 0) is 36.4 Å². The summed E-state index contributed by atoms with van der Waals surface area (Å²) in [5, 5.41) is 1.44. The molecule has 9 rings (SSSR count). The number of nitrogens with zero attached hydrogens (tertiary/aromatic N) is 4. The zero-order valence-corrected chi connectivity index (χ0v) is 22.9. The quantitative estimate of drug-likeness (QED) is 0.211. The van der Waals surface area contributed by atoms with Crippen LogP contribution in [0.2, 0.25) is 0 Å². The van der Waals surface area contributed by atoms with Gasteiger partial charge in [-0.25, -0.2) is 15.0 Å². The molecule has 0 saturated heterocycles. The van der Waals surface area contributed by atoms with Crippen LogP contribution in [0.25, 0.3) is 83.6 Å². The number of furan rings is 1. The molecule has 44 heavy (non-hydrogen) atoms. The zero-order chi connectivity index (χ0) is 36.0. The minimum atomic E-state index is -0.489. The van der Waals surface area contributed by atoms with E-state index in [0.29, 0.717) is 45.3 Å². The van der Waals surface area contributed by atoms with Gasteiger partial charge in [-0.15, -0.1) is 0 Å². The van der Waals surface area contributed by atoms with Crippen molar-refractivity contribution in [2.75, 3.05) is 0 Å². The number of benzene rings is 6. The second-order valence-electron chi connectivity index (χ2n) is 10.3. The van der Waals surface area contributed by atoms with E-state index < -0.39 is 24.2 Å². The van der Waals surface area contributed by atoms with E-state index in [1.54, 1.807) is 18.2 Å². The second kappa shape index (κ2) is 9.75. The predicted octanol–water partition coefficient (Wildman–Crippen LogP) is 9.87. The molecule has 0 unspecified atom stereocenters. The third-order valence-electron chi connectivity index (χ3n) is 7.71. The minimum absolute atomic E-state index is 0.0192. The summed E-state index contributed by atoms with van der Waals surface area (Å²) >= 11 is 0. The van der Waals surface area contributed by atoms with Crippen LogP contribution in [0.4, 0.5) is 0 Å². The zero-order valence-electron chi connectivity index (χ0n) is 30.9. The lowest BCUT2D eigenvalue weighted by Crippen LogP contribution is -2.00. The minimum Gasteiger partial charge on any atom is -0.455 e. The van der Waals surface area contributed by atoms with Crippen LogP contribution < -0.4 is 0 Å². The maximum atomic E-state index is 8.88.